The molecule has 0 saturated carbocycles. The molecule has 1 aromatic heterocycles. The van der Waals surface area contributed by atoms with E-state index in [4.69, 9.17) is 0 Å². The van der Waals surface area contributed by atoms with Gasteiger partial charge in [0.25, 0.3) is 0 Å². The summed E-state index contributed by atoms with van der Waals surface area (Å²) in [6.07, 6.45) is 2.43. The number of halogens is 3. The van der Waals surface area contributed by atoms with Gasteiger partial charge in [0.1, 0.15) is 5.75 Å². The van der Waals surface area contributed by atoms with Crippen molar-refractivity contribution in [2.75, 3.05) is 0 Å². The lowest BCUT2D eigenvalue weighted by atomic mass is 10.1. The second kappa shape index (κ2) is 4.52. The van der Waals surface area contributed by atoms with E-state index in [1.165, 1.54) is 6.20 Å². The third-order valence-corrected chi connectivity index (χ3v) is 2.88. The van der Waals surface area contributed by atoms with Crippen LogP contribution in [0.1, 0.15) is 25.3 Å². The molecule has 17 heavy (non-hydrogen) atoms. The quantitative estimate of drug-likeness (QED) is 0.624. The lowest BCUT2D eigenvalue weighted by molar-refractivity contribution is -0.0500. The third kappa shape index (κ3) is 3.09. The summed E-state index contributed by atoms with van der Waals surface area (Å²) >= 11 is 0. The van der Waals surface area contributed by atoms with E-state index in [1.54, 1.807) is 13.8 Å². The first-order valence-corrected chi connectivity index (χ1v) is 6.00. The Labute approximate surface area is 96.6 Å². The predicted molar refractivity (Wildman–Crippen MR) is 53.9 cm³/mol. The van der Waals surface area contributed by atoms with Crippen molar-refractivity contribution in [3.63, 3.8) is 0 Å². The Bertz CT molecular complexity index is 496. The van der Waals surface area contributed by atoms with Gasteiger partial charge >= 0.3 is 15.6 Å². The van der Waals surface area contributed by atoms with E-state index < -0.39 is 15.6 Å². The summed E-state index contributed by atoms with van der Waals surface area (Å²) in [4.78, 5) is 3.70. The molecular formula is C9H10F3NO3S. The average molecular weight is 269 g/mol. The molecule has 0 saturated heterocycles. The molecular weight excluding hydrogens is 259 g/mol. The molecule has 4 nitrogen and oxygen atoms in total. The zero-order valence-electron chi connectivity index (χ0n) is 9.02. The van der Waals surface area contributed by atoms with E-state index in [9.17, 15) is 21.6 Å². The van der Waals surface area contributed by atoms with Crippen molar-refractivity contribution in [2.24, 2.45) is 0 Å². The predicted octanol–water partition coefficient (Wildman–Crippen LogP) is 2.43. The van der Waals surface area contributed by atoms with Gasteiger partial charge < -0.3 is 4.18 Å². The van der Waals surface area contributed by atoms with Crippen LogP contribution in [0.2, 0.25) is 0 Å². The van der Waals surface area contributed by atoms with Crippen LogP contribution >= 0.6 is 0 Å². The van der Waals surface area contributed by atoms with Crippen LogP contribution in [0, 0.1) is 0 Å². The van der Waals surface area contributed by atoms with Crippen molar-refractivity contribution in [1.29, 1.82) is 0 Å². The standard InChI is InChI=1S/C9H10F3NO3S/c1-6(2)7-5-13-4-3-8(7)16-17(14,15)9(10,11)12/h3-6H,1-2H3. The second-order valence-electron chi connectivity index (χ2n) is 3.55. The molecule has 0 radical (unpaired) electrons. The fraction of sp³-hybridized carbons (Fsp3) is 0.444. The van der Waals surface area contributed by atoms with Gasteiger partial charge in [-0.25, -0.2) is 0 Å². The second-order valence-corrected chi connectivity index (χ2v) is 5.09. The Hall–Kier alpha value is -1.31. The minimum absolute atomic E-state index is 0.206. The zero-order valence-corrected chi connectivity index (χ0v) is 9.84. The van der Waals surface area contributed by atoms with Crippen LogP contribution in [-0.2, 0) is 10.1 Å². The summed E-state index contributed by atoms with van der Waals surface area (Å²) in [7, 11) is -5.63. The lowest BCUT2D eigenvalue weighted by Crippen LogP contribution is -2.28. The number of pyridine rings is 1. The Balaban J connectivity index is 3.13. The van der Waals surface area contributed by atoms with Crippen LogP contribution in [0.5, 0.6) is 5.75 Å². The van der Waals surface area contributed by atoms with E-state index >= 15 is 0 Å². The van der Waals surface area contributed by atoms with E-state index in [0.717, 1.165) is 12.3 Å². The van der Waals surface area contributed by atoms with Gasteiger partial charge in [-0.05, 0) is 5.92 Å². The summed E-state index contributed by atoms with van der Waals surface area (Å²) in [6.45, 7) is 3.37. The van der Waals surface area contributed by atoms with Crippen LogP contribution in [-0.4, -0.2) is 18.9 Å². The van der Waals surface area contributed by atoms with Gasteiger partial charge in [0.05, 0.1) is 0 Å². The third-order valence-electron chi connectivity index (χ3n) is 1.92. The molecule has 0 aliphatic heterocycles. The molecule has 1 aromatic rings. The average Bonchev–Trinajstić information content (AvgIpc) is 2.15. The van der Waals surface area contributed by atoms with Crippen molar-refractivity contribution >= 4 is 10.1 Å². The van der Waals surface area contributed by atoms with Crippen molar-refractivity contribution in [3.8, 4) is 5.75 Å². The number of rotatable bonds is 3. The molecule has 0 aromatic carbocycles. The van der Waals surface area contributed by atoms with Gasteiger partial charge in [-0.1, -0.05) is 13.8 Å². The molecule has 1 rings (SSSR count). The molecule has 0 unspecified atom stereocenters. The normalized spacial score (nSPS) is 12.8. The molecule has 0 aliphatic rings. The van der Waals surface area contributed by atoms with Gasteiger partial charge in [-0.2, -0.15) is 21.6 Å². The monoisotopic (exact) mass is 269 g/mol. The summed E-state index contributed by atoms with van der Waals surface area (Å²) in [5, 5.41) is 0. The number of alkyl halides is 3. The first-order valence-electron chi connectivity index (χ1n) is 4.60. The van der Waals surface area contributed by atoms with Crippen molar-refractivity contribution in [2.45, 2.75) is 25.3 Å². The van der Waals surface area contributed by atoms with Crippen LogP contribution in [0.15, 0.2) is 18.5 Å². The molecule has 0 N–H and O–H groups in total. The van der Waals surface area contributed by atoms with Crippen LogP contribution in [0.3, 0.4) is 0 Å². The Morgan fingerprint density at radius 2 is 1.94 bits per heavy atom. The number of hydrogen-bond donors (Lipinski definition) is 0. The highest BCUT2D eigenvalue weighted by molar-refractivity contribution is 7.88. The van der Waals surface area contributed by atoms with Crippen molar-refractivity contribution in [1.82, 2.24) is 4.98 Å². The maximum atomic E-state index is 12.1. The van der Waals surface area contributed by atoms with Gasteiger partial charge in [0.15, 0.2) is 0 Å². The van der Waals surface area contributed by atoms with Gasteiger partial charge in [-0.3, -0.25) is 4.98 Å². The highest BCUT2D eigenvalue weighted by Gasteiger charge is 2.48. The first kappa shape index (κ1) is 13.8. The molecule has 0 amide bonds. The molecule has 8 heteroatoms. The fourth-order valence-corrected chi connectivity index (χ4v) is 1.55. The molecule has 0 fully saturated rings. The number of aromatic nitrogens is 1. The van der Waals surface area contributed by atoms with Crippen molar-refractivity contribution in [3.05, 3.63) is 24.0 Å². The van der Waals surface area contributed by atoms with Crippen LogP contribution in [0.4, 0.5) is 13.2 Å². The van der Waals surface area contributed by atoms with Gasteiger partial charge in [0, 0.05) is 24.0 Å². The lowest BCUT2D eigenvalue weighted by Gasteiger charge is -2.13. The maximum absolute atomic E-state index is 12.1. The molecule has 96 valence electrons. The summed E-state index contributed by atoms with van der Waals surface area (Å²) < 4.78 is 62.1. The van der Waals surface area contributed by atoms with Crippen molar-refractivity contribution < 1.29 is 25.8 Å². The van der Waals surface area contributed by atoms with Crippen LogP contribution < -0.4 is 4.18 Å². The zero-order chi connectivity index (χ0) is 13.3. The fourth-order valence-electron chi connectivity index (χ4n) is 1.07. The SMILES string of the molecule is CC(C)c1cnccc1OS(=O)(=O)C(F)(F)F. The minimum Gasteiger partial charge on any atom is -0.376 e. The molecule has 1 heterocycles. The molecule has 0 aliphatic carbocycles. The van der Waals surface area contributed by atoms with E-state index in [0.29, 0.717) is 5.56 Å². The highest BCUT2D eigenvalue weighted by atomic mass is 32.2. The summed E-state index contributed by atoms with van der Waals surface area (Å²) in [6, 6.07) is 1.08. The summed E-state index contributed by atoms with van der Waals surface area (Å²) in [5.74, 6) is -0.561. The highest BCUT2D eigenvalue weighted by Crippen LogP contribution is 2.31. The largest absolute Gasteiger partial charge is 0.534 e. The summed E-state index contributed by atoms with van der Waals surface area (Å²) in [5.41, 5.74) is -5.15. The Morgan fingerprint density at radius 1 is 1.35 bits per heavy atom. The Kier molecular flexibility index (Phi) is 3.65. The smallest absolute Gasteiger partial charge is 0.376 e. The first-order chi connectivity index (χ1) is 7.65. The Morgan fingerprint density at radius 3 is 2.41 bits per heavy atom. The minimum atomic E-state index is -5.63. The number of hydrogen-bond acceptors (Lipinski definition) is 4. The van der Waals surface area contributed by atoms with Gasteiger partial charge in [0.2, 0.25) is 0 Å². The van der Waals surface area contributed by atoms with Crippen LogP contribution in [0.25, 0.3) is 0 Å². The molecule has 0 spiro atoms. The maximum Gasteiger partial charge on any atom is 0.534 e. The van der Waals surface area contributed by atoms with Gasteiger partial charge in [-0.15, -0.1) is 0 Å². The van der Waals surface area contributed by atoms with E-state index in [1.807, 2.05) is 0 Å². The number of nitrogens with zero attached hydrogens (tertiary/aromatic N) is 1. The topological polar surface area (TPSA) is 56.3 Å². The molecule has 0 bridgehead atoms. The molecule has 0 atom stereocenters. The van der Waals surface area contributed by atoms with E-state index in [-0.39, 0.29) is 11.7 Å². The van der Waals surface area contributed by atoms with E-state index in [2.05, 4.69) is 9.17 Å².